The molecule has 0 amide bonds. The molecule has 0 radical (unpaired) electrons. The summed E-state index contributed by atoms with van der Waals surface area (Å²) in [6.07, 6.45) is 1.13. The number of hydrogen-bond donors (Lipinski definition) is 1. The summed E-state index contributed by atoms with van der Waals surface area (Å²) in [6, 6.07) is 7.96. The van der Waals surface area contributed by atoms with Crippen molar-refractivity contribution in [1.82, 2.24) is 5.32 Å². The third-order valence-corrected chi connectivity index (χ3v) is 2.21. The number of nitrogens with one attached hydrogen (secondary N) is 1. The highest BCUT2D eigenvalue weighted by molar-refractivity contribution is 6.29. The van der Waals surface area contributed by atoms with Crippen molar-refractivity contribution in [2.24, 2.45) is 0 Å². The van der Waals surface area contributed by atoms with E-state index < -0.39 is 0 Å². The van der Waals surface area contributed by atoms with E-state index in [-0.39, 0.29) is 0 Å². The van der Waals surface area contributed by atoms with Crippen molar-refractivity contribution in [3.8, 4) is 5.75 Å². The van der Waals surface area contributed by atoms with Crippen molar-refractivity contribution in [3.63, 3.8) is 0 Å². The minimum atomic E-state index is 0.354. The molecule has 0 saturated carbocycles. The highest BCUT2D eigenvalue weighted by Crippen LogP contribution is 2.18. The predicted octanol–water partition coefficient (Wildman–Crippen LogP) is 3.32. The van der Waals surface area contributed by atoms with Crippen LogP contribution in [-0.4, -0.2) is 13.2 Å². The van der Waals surface area contributed by atoms with Gasteiger partial charge in [0.05, 0.1) is 0 Å². The van der Waals surface area contributed by atoms with Gasteiger partial charge in [-0.05, 0) is 19.0 Å². The highest BCUT2D eigenvalue weighted by Gasteiger charge is 2.02. The Hall–Kier alpha value is -0.990. The van der Waals surface area contributed by atoms with E-state index in [0.29, 0.717) is 11.6 Å². The maximum atomic E-state index is 5.67. The normalized spacial score (nSPS) is 10.1. The lowest BCUT2D eigenvalue weighted by Gasteiger charge is -2.11. The Bertz CT molecular complexity index is 338. The average Bonchev–Trinajstić information content (AvgIpc) is 2.28. The van der Waals surface area contributed by atoms with E-state index in [2.05, 4.69) is 24.9 Å². The van der Waals surface area contributed by atoms with Crippen LogP contribution in [0.15, 0.2) is 35.9 Å². The largest absolute Gasteiger partial charge is 0.488 e. The van der Waals surface area contributed by atoms with Gasteiger partial charge in [-0.3, -0.25) is 0 Å². The second kappa shape index (κ2) is 7.31. The molecular weight excluding hydrogens is 222 g/mol. The predicted molar refractivity (Wildman–Crippen MR) is 68.9 cm³/mol. The smallest absolute Gasteiger partial charge is 0.124 e. The molecule has 0 heterocycles. The van der Waals surface area contributed by atoms with Crippen LogP contribution in [0.4, 0.5) is 0 Å². The zero-order valence-electron chi connectivity index (χ0n) is 9.63. The van der Waals surface area contributed by atoms with E-state index in [1.54, 1.807) is 0 Å². The molecule has 16 heavy (non-hydrogen) atoms. The Morgan fingerprint density at radius 1 is 1.44 bits per heavy atom. The molecule has 1 aromatic carbocycles. The first-order valence-corrected chi connectivity index (χ1v) is 5.86. The number of para-hydroxylation sites is 1. The fraction of sp³-hybridized carbons (Fsp3) is 0.385. The monoisotopic (exact) mass is 239 g/mol. The van der Waals surface area contributed by atoms with Crippen LogP contribution in [0.5, 0.6) is 5.75 Å². The van der Waals surface area contributed by atoms with Crippen molar-refractivity contribution in [2.75, 3.05) is 13.2 Å². The maximum Gasteiger partial charge on any atom is 0.124 e. The van der Waals surface area contributed by atoms with Crippen LogP contribution in [0.3, 0.4) is 0 Å². The van der Waals surface area contributed by atoms with Crippen LogP contribution in [-0.2, 0) is 6.54 Å². The Labute approximate surface area is 102 Å². The fourth-order valence-electron chi connectivity index (χ4n) is 1.35. The Balaban J connectivity index is 2.56. The average molecular weight is 240 g/mol. The van der Waals surface area contributed by atoms with E-state index >= 15 is 0 Å². The summed E-state index contributed by atoms with van der Waals surface area (Å²) in [5.74, 6) is 0.868. The molecule has 0 bridgehead atoms. The van der Waals surface area contributed by atoms with E-state index in [1.165, 1.54) is 0 Å². The van der Waals surface area contributed by atoms with Gasteiger partial charge in [0.15, 0.2) is 0 Å². The zero-order chi connectivity index (χ0) is 11.8. The summed E-state index contributed by atoms with van der Waals surface area (Å²) in [5, 5.41) is 3.85. The fourth-order valence-corrected chi connectivity index (χ4v) is 1.40. The first-order valence-electron chi connectivity index (χ1n) is 5.48. The van der Waals surface area contributed by atoms with Crippen LogP contribution in [0.1, 0.15) is 18.9 Å². The zero-order valence-corrected chi connectivity index (χ0v) is 10.4. The third kappa shape index (κ3) is 4.69. The molecule has 0 aromatic heterocycles. The van der Waals surface area contributed by atoms with Crippen LogP contribution in [0.2, 0.25) is 0 Å². The van der Waals surface area contributed by atoms with Gasteiger partial charge in [0.2, 0.25) is 0 Å². The van der Waals surface area contributed by atoms with Gasteiger partial charge >= 0.3 is 0 Å². The third-order valence-electron chi connectivity index (χ3n) is 2.10. The van der Waals surface area contributed by atoms with Gasteiger partial charge in [-0.2, -0.15) is 0 Å². The lowest BCUT2D eigenvalue weighted by molar-refractivity contribution is 0.354. The van der Waals surface area contributed by atoms with Crippen molar-refractivity contribution < 1.29 is 4.74 Å². The van der Waals surface area contributed by atoms with Crippen LogP contribution >= 0.6 is 11.6 Å². The number of ether oxygens (including phenoxy) is 1. The molecule has 1 aromatic rings. The minimum Gasteiger partial charge on any atom is -0.488 e. The summed E-state index contributed by atoms with van der Waals surface area (Å²) in [5.41, 5.74) is 1.15. The van der Waals surface area contributed by atoms with Gasteiger partial charge in [-0.1, -0.05) is 43.3 Å². The van der Waals surface area contributed by atoms with Crippen LogP contribution in [0.25, 0.3) is 0 Å². The summed E-state index contributed by atoms with van der Waals surface area (Å²) >= 11 is 5.67. The van der Waals surface area contributed by atoms with Gasteiger partial charge in [-0.15, -0.1) is 0 Å². The topological polar surface area (TPSA) is 21.3 Å². The molecular formula is C13H18ClNO. The number of rotatable bonds is 7. The molecule has 0 atom stereocenters. The summed E-state index contributed by atoms with van der Waals surface area (Å²) in [6.45, 7) is 7.93. The lowest BCUT2D eigenvalue weighted by atomic mass is 10.2. The van der Waals surface area contributed by atoms with Crippen LogP contribution in [0, 0.1) is 0 Å². The van der Waals surface area contributed by atoms with Crippen molar-refractivity contribution >= 4 is 11.6 Å². The molecule has 88 valence electrons. The Morgan fingerprint density at radius 3 is 2.88 bits per heavy atom. The molecule has 1 rings (SSSR count). The summed E-state index contributed by atoms with van der Waals surface area (Å²) in [4.78, 5) is 0. The summed E-state index contributed by atoms with van der Waals surface area (Å²) < 4.78 is 5.56. The number of benzene rings is 1. The van der Waals surface area contributed by atoms with Gasteiger partial charge in [0, 0.05) is 17.1 Å². The highest BCUT2D eigenvalue weighted by atomic mass is 35.5. The second-order valence-corrected chi connectivity index (χ2v) is 4.12. The number of hydrogen-bond acceptors (Lipinski definition) is 2. The molecule has 0 saturated heterocycles. The SMILES string of the molecule is C=C(Cl)COc1ccccc1CNCCC. The Morgan fingerprint density at radius 2 is 2.19 bits per heavy atom. The number of halogens is 1. The molecule has 0 fully saturated rings. The molecule has 0 spiro atoms. The first-order chi connectivity index (χ1) is 7.74. The molecule has 0 unspecified atom stereocenters. The quantitative estimate of drug-likeness (QED) is 0.737. The van der Waals surface area contributed by atoms with E-state index in [9.17, 15) is 0 Å². The molecule has 2 nitrogen and oxygen atoms in total. The lowest BCUT2D eigenvalue weighted by Crippen LogP contribution is -2.14. The van der Waals surface area contributed by atoms with Crippen LogP contribution < -0.4 is 10.1 Å². The molecule has 0 aliphatic carbocycles. The first kappa shape index (κ1) is 13.1. The maximum absolute atomic E-state index is 5.67. The van der Waals surface area contributed by atoms with Gasteiger partial charge in [-0.25, -0.2) is 0 Å². The van der Waals surface area contributed by atoms with Gasteiger partial charge in [0.1, 0.15) is 12.4 Å². The Kier molecular flexibility index (Phi) is 5.98. The standard InChI is InChI=1S/C13H18ClNO/c1-3-8-15-9-12-6-4-5-7-13(12)16-10-11(2)14/h4-7,15H,2-3,8-10H2,1H3. The molecule has 0 aliphatic heterocycles. The second-order valence-electron chi connectivity index (χ2n) is 3.59. The van der Waals surface area contributed by atoms with Crippen molar-refractivity contribution in [2.45, 2.75) is 19.9 Å². The van der Waals surface area contributed by atoms with E-state index in [4.69, 9.17) is 16.3 Å². The molecule has 0 aliphatic rings. The van der Waals surface area contributed by atoms with E-state index in [0.717, 1.165) is 30.8 Å². The molecule has 1 N–H and O–H groups in total. The molecule has 3 heteroatoms. The minimum absolute atomic E-state index is 0.354. The van der Waals surface area contributed by atoms with Gasteiger partial charge < -0.3 is 10.1 Å². The van der Waals surface area contributed by atoms with Gasteiger partial charge in [0.25, 0.3) is 0 Å². The van der Waals surface area contributed by atoms with E-state index in [1.807, 2.05) is 18.2 Å². The summed E-state index contributed by atoms with van der Waals surface area (Å²) in [7, 11) is 0. The van der Waals surface area contributed by atoms with Crippen molar-refractivity contribution in [1.29, 1.82) is 0 Å². The van der Waals surface area contributed by atoms with Crippen molar-refractivity contribution in [3.05, 3.63) is 41.4 Å².